The average Bonchev–Trinajstić information content (AvgIpc) is 3.18. The summed E-state index contributed by atoms with van der Waals surface area (Å²) in [5, 5.41) is 3.10. The van der Waals surface area contributed by atoms with Crippen LogP contribution in [0.4, 0.5) is 10.5 Å². The third kappa shape index (κ3) is 4.24. The second-order valence-electron chi connectivity index (χ2n) is 7.31. The van der Waals surface area contributed by atoms with Gasteiger partial charge in [0, 0.05) is 37.1 Å². The van der Waals surface area contributed by atoms with Crippen molar-refractivity contribution in [2.24, 2.45) is 0 Å². The van der Waals surface area contributed by atoms with Crippen LogP contribution in [-0.4, -0.2) is 27.0 Å². The van der Waals surface area contributed by atoms with E-state index in [0.29, 0.717) is 13.1 Å². The van der Waals surface area contributed by atoms with Gasteiger partial charge in [0.05, 0.1) is 5.69 Å². The number of urea groups is 1. The molecule has 1 N–H and O–H groups in total. The minimum absolute atomic E-state index is 0.147. The summed E-state index contributed by atoms with van der Waals surface area (Å²) in [6, 6.07) is 17.7. The fourth-order valence-electron chi connectivity index (χ4n) is 3.81. The zero-order chi connectivity index (χ0) is 20.1. The van der Waals surface area contributed by atoms with Crippen LogP contribution in [0.1, 0.15) is 24.1 Å². The third-order valence-corrected chi connectivity index (χ3v) is 5.27. The van der Waals surface area contributed by atoms with Gasteiger partial charge in [-0.2, -0.15) is 0 Å². The second kappa shape index (κ2) is 8.78. The highest BCUT2D eigenvalue weighted by atomic mass is 16.2. The first kappa shape index (κ1) is 19.0. The van der Waals surface area contributed by atoms with Gasteiger partial charge in [0.15, 0.2) is 0 Å². The monoisotopic (exact) mass is 386 g/mol. The lowest BCUT2D eigenvalue weighted by Crippen LogP contribution is -2.34. The van der Waals surface area contributed by atoms with Crippen LogP contribution in [0.5, 0.6) is 0 Å². The summed E-state index contributed by atoms with van der Waals surface area (Å²) >= 11 is 0. The summed E-state index contributed by atoms with van der Waals surface area (Å²) in [4.78, 5) is 19.5. The minimum atomic E-state index is -0.147. The number of benzene rings is 2. The Kier molecular flexibility index (Phi) is 5.75. The molecule has 0 aliphatic carbocycles. The molecule has 0 unspecified atom stereocenters. The number of amides is 2. The zero-order valence-corrected chi connectivity index (χ0v) is 16.6. The van der Waals surface area contributed by atoms with Crippen LogP contribution in [-0.2, 0) is 19.5 Å². The van der Waals surface area contributed by atoms with E-state index in [0.717, 1.165) is 42.0 Å². The van der Waals surface area contributed by atoms with E-state index >= 15 is 0 Å². The summed E-state index contributed by atoms with van der Waals surface area (Å²) in [5.74, 6) is 0.925. The fourth-order valence-corrected chi connectivity index (χ4v) is 3.81. The number of hydrogen-bond acceptors (Lipinski definition) is 2. The molecule has 2 heterocycles. The average molecular weight is 386 g/mol. The highest BCUT2D eigenvalue weighted by Crippen LogP contribution is 2.30. The van der Waals surface area contributed by atoms with Gasteiger partial charge in [-0.25, -0.2) is 9.78 Å². The number of hydrogen-bond donors (Lipinski definition) is 1. The van der Waals surface area contributed by atoms with Crippen LogP contribution < -0.4 is 5.32 Å². The van der Waals surface area contributed by atoms with Crippen molar-refractivity contribution >= 4 is 11.7 Å². The molecule has 2 aromatic carbocycles. The largest absolute Gasteiger partial charge is 0.328 e. The van der Waals surface area contributed by atoms with Gasteiger partial charge in [0.1, 0.15) is 5.82 Å². The van der Waals surface area contributed by atoms with Crippen LogP contribution in [0, 0.1) is 0 Å². The molecule has 0 saturated heterocycles. The van der Waals surface area contributed by atoms with Gasteiger partial charge in [-0.3, -0.25) is 0 Å². The molecule has 0 atom stereocenters. The molecule has 148 valence electrons. The lowest BCUT2D eigenvalue weighted by atomic mass is 10.1. The highest BCUT2D eigenvalue weighted by molar-refractivity contribution is 5.93. The molecule has 0 radical (unpaired) electrons. The molecular weight excluding hydrogens is 360 g/mol. The lowest BCUT2D eigenvalue weighted by Gasteiger charge is -2.23. The van der Waals surface area contributed by atoms with Crippen molar-refractivity contribution in [2.45, 2.75) is 32.4 Å². The molecule has 0 fully saturated rings. The van der Waals surface area contributed by atoms with Crippen molar-refractivity contribution in [1.29, 1.82) is 0 Å². The number of para-hydroxylation sites is 1. The minimum Gasteiger partial charge on any atom is -0.328 e. The molecule has 1 aliphatic rings. The predicted octanol–water partition coefficient (Wildman–Crippen LogP) is 5.11. The van der Waals surface area contributed by atoms with Gasteiger partial charge in [-0.1, -0.05) is 48.5 Å². The molecule has 0 spiro atoms. The molecule has 5 nitrogen and oxygen atoms in total. The number of carbonyl (C=O) groups excluding carboxylic acids is 1. The van der Waals surface area contributed by atoms with Gasteiger partial charge >= 0.3 is 6.03 Å². The summed E-state index contributed by atoms with van der Waals surface area (Å²) in [5.41, 5.74) is 4.08. The quantitative estimate of drug-likeness (QED) is 0.599. The van der Waals surface area contributed by atoms with Crippen molar-refractivity contribution in [3.8, 4) is 11.4 Å². The first-order valence-corrected chi connectivity index (χ1v) is 10.1. The summed E-state index contributed by atoms with van der Waals surface area (Å²) in [6.45, 7) is 5.78. The number of carbonyl (C=O) groups is 1. The van der Waals surface area contributed by atoms with Gasteiger partial charge < -0.3 is 14.8 Å². The first-order valence-electron chi connectivity index (χ1n) is 10.1. The van der Waals surface area contributed by atoms with Crippen molar-refractivity contribution in [3.05, 3.63) is 84.7 Å². The first-order chi connectivity index (χ1) is 14.3. The smallest absolute Gasteiger partial charge is 0.322 e. The fraction of sp³-hybridized carbons (Fsp3) is 0.250. The van der Waals surface area contributed by atoms with E-state index in [-0.39, 0.29) is 6.03 Å². The Labute approximate surface area is 171 Å². The Hall–Kier alpha value is -3.34. The van der Waals surface area contributed by atoms with E-state index in [1.807, 2.05) is 60.8 Å². The number of nitrogens with one attached hydrogen (secondary N) is 1. The molecule has 1 aliphatic heterocycles. The Balaban J connectivity index is 1.58. The Morgan fingerprint density at radius 2 is 1.93 bits per heavy atom. The Morgan fingerprint density at radius 3 is 2.76 bits per heavy atom. The number of imidazole rings is 1. The maximum Gasteiger partial charge on any atom is 0.322 e. The van der Waals surface area contributed by atoms with Crippen LogP contribution >= 0.6 is 0 Å². The second-order valence-corrected chi connectivity index (χ2v) is 7.31. The van der Waals surface area contributed by atoms with E-state index in [2.05, 4.69) is 21.4 Å². The van der Waals surface area contributed by atoms with Crippen LogP contribution in [0.3, 0.4) is 0 Å². The SMILES string of the molecule is C=CCN(Cc1ccccc1)C(=O)Nc1ccccc1-c1ncc2n1CCCC2. The molecule has 2 amide bonds. The van der Waals surface area contributed by atoms with E-state index in [1.165, 1.54) is 12.1 Å². The number of nitrogens with zero attached hydrogens (tertiary/aromatic N) is 3. The normalized spacial score (nSPS) is 12.8. The predicted molar refractivity (Wildman–Crippen MR) is 117 cm³/mol. The third-order valence-electron chi connectivity index (χ3n) is 5.27. The van der Waals surface area contributed by atoms with Crippen molar-refractivity contribution < 1.29 is 4.79 Å². The summed E-state index contributed by atoms with van der Waals surface area (Å²) in [7, 11) is 0. The molecule has 3 aromatic rings. The molecule has 0 saturated carbocycles. The molecule has 29 heavy (non-hydrogen) atoms. The summed E-state index contributed by atoms with van der Waals surface area (Å²) in [6.07, 6.45) is 7.15. The maximum absolute atomic E-state index is 13.1. The van der Waals surface area contributed by atoms with Crippen LogP contribution in [0.2, 0.25) is 0 Å². The van der Waals surface area contributed by atoms with Gasteiger partial charge in [-0.05, 0) is 37.0 Å². The van der Waals surface area contributed by atoms with E-state index < -0.39 is 0 Å². The van der Waals surface area contributed by atoms with Crippen molar-refractivity contribution in [3.63, 3.8) is 0 Å². The van der Waals surface area contributed by atoms with Crippen LogP contribution in [0.15, 0.2) is 73.4 Å². The highest BCUT2D eigenvalue weighted by Gasteiger charge is 2.19. The van der Waals surface area contributed by atoms with Gasteiger partial charge in [0.2, 0.25) is 0 Å². The standard InChI is InChI=1S/C24H26N4O/c1-2-15-27(18-19-10-4-3-5-11-19)24(29)26-22-14-7-6-13-21(22)23-25-17-20-12-8-9-16-28(20)23/h2-7,10-11,13-14,17H,1,8-9,12,15-16,18H2,(H,26,29). The summed E-state index contributed by atoms with van der Waals surface area (Å²) < 4.78 is 2.28. The topological polar surface area (TPSA) is 50.2 Å². The van der Waals surface area contributed by atoms with E-state index in [9.17, 15) is 4.79 Å². The molecule has 5 heteroatoms. The Bertz CT molecular complexity index is 993. The van der Waals surface area contributed by atoms with E-state index in [1.54, 1.807) is 11.0 Å². The van der Waals surface area contributed by atoms with Crippen molar-refractivity contribution in [2.75, 3.05) is 11.9 Å². The van der Waals surface area contributed by atoms with Crippen LogP contribution in [0.25, 0.3) is 11.4 Å². The molecular formula is C24H26N4O. The maximum atomic E-state index is 13.1. The van der Waals surface area contributed by atoms with Crippen molar-refractivity contribution in [1.82, 2.24) is 14.5 Å². The lowest BCUT2D eigenvalue weighted by molar-refractivity contribution is 0.215. The van der Waals surface area contributed by atoms with Gasteiger partial charge in [-0.15, -0.1) is 6.58 Å². The van der Waals surface area contributed by atoms with Gasteiger partial charge in [0.25, 0.3) is 0 Å². The number of anilines is 1. The molecule has 4 rings (SSSR count). The number of fused-ring (bicyclic) bond motifs is 1. The molecule has 1 aromatic heterocycles. The number of aromatic nitrogens is 2. The zero-order valence-electron chi connectivity index (χ0n) is 16.6. The molecule has 0 bridgehead atoms. The number of aryl methyl sites for hydroxylation is 1. The van der Waals surface area contributed by atoms with E-state index in [4.69, 9.17) is 0 Å². The number of rotatable bonds is 6. The Morgan fingerprint density at radius 1 is 1.14 bits per heavy atom.